The minimum absolute atomic E-state index is 0.169. The molecule has 0 amide bonds. The minimum atomic E-state index is 0.169. The van der Waals surface area contributed by atoms with Gasteiger partial charge in [0.1, 0.15) is 0 Å². The van der Waals surface area contributed by atoms with Gasteiger partial charge >= 0.3 is 0 Å². The van der Waals surface area contributed by atoms with Crippen molar-refractivity contribution in [2.45, 2.75) is 26.8 Å². The van der Waals surface area contributed by atoms with Crippen molar-refractivity contribution in [2.75, 3.05) is 5.32 Å². The van der Waals surface area contributed by atoms with Crippen molar-refractivity contribution in [3.05, 3.63) is 63.6 Å². The molecule has 2 nitrogen and oxygen atoms in total. The van der Waals surface area contributed by atoms with Crippen LogP contribution in [0, 0.1) is 13.8 Å². The molecule has 0 aliphatic heterocycles. The Balaban J connectivity index is 2.01. The lowest BCUT2D eigenvalue weighted by atomic mass is 10.0. The quantitative estimate of drug-likeness (QED) is 0.741. The molecule has 110 valence electrons. The van der Waals surface area contributed by atoms with E-state index in [2.05, 4.69) is 71.6 Å². The highest BCUT2D eigenvalue weighted by atomic mass is 79.9. The molecule has 0 fully saturated rings. The first-order valence-corrected chi connectivity index (χ1v) is 8.06. The zero-order chi connectivity index (χ0) is 15.4. The Kier molecular flexibility index (Phi) is 5.37. The molecule has 1 atom stereocenters. The van der Waals surface area contributed by atoms with E-state index in [9.17, 15) is 0 Å². The van der Waals surface area contributed by atoms with Crippen molar-refractivity contribution in [1.29, 1.82) is 0 Å². The van der Waals surface area contributed by atoms with E-state index in [0.29, 0.717) is 5.11 Å². The number of anilines is 1. The van der Waals surface area contributed by atoms with Gasteiger partial charge < -0.3 is 10.6 Å². The molecule has 2 aromatic carbocycles. The fourth-order valence-corrected chi connectivity index (χ4v) is 2.78. The summed E-state index contributed by atoms with van der Waals surface area (Å²) in [7, 11) is 0. The topological polar surface area (TPSA) is 24.1 Å². The molecular formula is C17H19BrN2S. The molecule has 0 aliphatic carbocycles. The van der Waals surface area contributed by atoms with Gasteiger partial charge in [-0.2, -0.15) is 0 Å². The molecule has 0 heterocycles. The van der Waals surface area contributed by atoms with Crippen LogP contribution >= 0.6 is 28.1 Å². The molecule has 0 saturated carbocycles. The van der Waals surface area contributed by atoms with E-state index in [1.807, 2.05) is 18.2 Å². The van der Waals surface area contributed by atoms with Crippen molar-refractivity contribution in [3.63, 3.8) is 0 Å². The summed E-state index contributed by atoms with van der Waals surface area (Å²) in [5.41, 5.74) is 4.69. The predicted molar refractivity (Wildman–Crippen MR) is 97.8 cm³/mol. The Morgan fingerprint density at radius 2 is 1.81 bits per heavy atom. The highest BCUT2D eigenvalue weighted by Gasteiger charge is 2.09. The maximum atomic E-state index is 5.40. The number of aryl methyl sites for hydroxylation is 2. The molecule has 2 rings (SSSR count). The third kappa shape index (κ3) is 4.29. The molecule has 0 bridgehead atoms. The molecule has 2 aromatic rings. The van der Waals surface area contributed by atoms with Gasteiger partial charge in [-0.15, -0.1) is 0 Å². The van der Waals surface area contributed by atoms with Gasteiger partial charge in [-0.3, -0.25) is 0 Å². The Morgan fingerprint density at radius 3 is 2.48 bits per heavy atom. The lowest BCUT2D eigenvalue weighted by Crippen LogP contribution is -2.31. The molecule has 4 heteroatoms. The van der Waals surface area contributed by atoms with E-state index in [4.69, 9.17) is 12.2 Å². The summed E-state index contributed by atoms with van der Waals surface area (Å²) in [6.45, 7) is 6.28. The van der Waals surface area contributed by atoms with Crippen molar-refractivity contribution >= 4 is 38.9 Å². The van der Waals surface area contributed by atoms with Crippen LogP contribution in [0.3, 0.4) is 0 Å². The van der Waals surface area contributed by atoms with E-state index in [1.165, 1.54) is 16.7 Å². The summed E-state index contributed by atoms with van der Waals surface area (Å²) in [6, 6.07) is 14.6. The average Bonchev–Trinajstić information content (AvgIpc) is 2.43. The normalized spacial score (nSPS) is 11.8. The summed E-state index contributed by atoms with van der Waals surface area (Å²) in [4.78, 5) is 0. The number of hydrogen-bond donors (Lipinski definition) is 2. The van der Waals surface area contributed by atoms with E-state index in [-0.39, 0.29) is 6.04 Å². The number of nitrogens with one attached hydrogen (secondary N) is 2. The number of thiocarbonyl (C=S) groups is 1. The smallest absolute Gasteiger partial charge is 0.171 e. The third-order valence-electron chi connectivity index (χ3n) is 3.42. The summed E-state index contributed by atoms with van der Waals surface area (Å²) in [5, 5.41) is 7.19. The molecule has 0 saturated heterocycles. The molecule has 21 heavy (non-hydrogen) atoms. The first kappa shape index (κ1) is 16.0. The number of rotatable bonds is 3. The largest absolute Gasteiger partial charge is 0.356 e. The van der Waals surface area contributed by atoms with Gasteiger partial charge in [0, 0.05) is 10.2 Å². The zero-order valence-electron chi connectivity index (χ0n) is 12.4. The zero-order valence-corrected chi connectivity index (χ0v) is 14.8. The molecule has 0 spiro atoms. The fourth-order valence-electron chi connectivity index (χ4n) is 2.24. The lowest BCUT2D eigenvalue weighted by molar-refractivity contribution is 0.717. The Morgan fingerprint density at radius 1 is 1.10 bits per heavy atom. The van der Waals surface area contributed by atoms with Crippen LogP contribution in [0.1, 0.15) is 29.7 Å². The SMILES string of the molecule is Cc1cc(NC(=S)N[C@@H](C)c2ccccc2C)ccc1Br. The van der Waals surface area contributed by atoms with Crippen LogP contribution in [0.5, 0.6) is 0 Å². The standard InChI is InChI=1S/C17H19BrN2S/c1-11-6-4-5-7-15(11)13(3)19-17(21)20-14-8-9-16(18)12(2)10-14/h4-10,13H,1-3H3,(H2,19,20,21)/t13-/m0/s1. The maximum Gasteiger partial charge on any atom is 0.171 e. The Hall–Kier alpha value is -1.39. The first-order valence-electron chi connectivity index (χ1n) is 6.86. The van der Waals surface area contributed by atoms with Crippen LogP contribution in [-0.2, 0) is 0 Å². The van der Waals surface area contributed by atoms with Crippen molar-refractivity contribution in [2.24, 2.45) is 0 Å². The molecule has 0 unspecified atom stereocenters. The second-order valence-electron chi connectivity index (χ2n) is 5.14. The summed E-state index contributed by atoms with van der Waals surface area (Å²) in [5.74, 6) is 0. The van der Waals surface area contributed by atoms with Crippen molar-refractivity contribution < 1.29 is 0 Å². The molecule has 2 N–H and O–H groups in total. The van der Waals surface area contributed by atoms with E-state index < -0.39 is 0 Å². The van der Waals surface area contributed by atoms with Gasteiger partial charge in [-0.1, -0.05) is 40.2 Å². The Bertz CT molecular complexity index is 655. The summed E-state index contributed by atoms with van der Waals surface area (Å²) < 4.78 is 1.10. The van der Waals surface area contributed by atoms with Crippen LogP contribution < -0.4 is 10.6 Å². The number of benzene rings is 2. The second-order valence-corrected chi connectivity index (χ2v) is 6.40. The second kappa shape index (κ2) is 7.05. The van der Waals surface area contributed by atoms with Crippen LogP contribution in [0.4, 0.5) is 5.69 Å². The highest BCUT2D eigenvalue weighted by molar-refractivity contribution is 9.10. The van der Waals surface area contributed by atoms with E-state index >= 15 is 0 Å². The van der Waals surface area contributed by atoms with Crippen LogP contribution in [-0.4, -0.2) is 5.11 Å². The summed E-state index contributed by atoms with van der Waals surface area (Å²) in [6.07, 6.45) is 0. The summed E-state index contributed by atoms with van der Waals surface area (Å²) >= 11 is 8.90. The van der Waals surface area contributed by atoms with Gasteiger partial charge in [0.15, 0.2) is 5.11 Å². The predicted octanol–water partition coefficient (Wildman–Crippen LogP) is 5.11. The van der Waals surface area contributed by atoms with Gasteiger partial charge in [-0.05, 0) is 67.9 Å². The van der Waals surface area contributed by atoms with Crippen LogP contribution in [0.15, 0.2) is 46.9 Å². The van der Waals surface area contributed by atoms with Crippen molar-refractivity contribution in [3.8, 4) is 0 Å². The van der Waals surface area contributed by atoms with E-state index in [1.54, 1.807) is 0 Å². The van der Waals surface area contributed by atoms with E-state index in [0.717, 1.165) is 10.2 Å². The van der Waals surface area contributed by atoms with Crippen molar-refractivity contribution in [1.82, 2.24) is 5.32 Å². The maximum absolute atomic E-state index is 5.40. The molecule has 0 radical (unpaired) electrons. The van der Waals surface area contributed by atoms with Crippen LogP contribution in [0.2, 0.25) is 0 Å². The number of halogens is 1. The molecule has 0 aliphatic rings. The van der Waals surface area contributed by atoms with Crippen LogP contribution in [0.25, 0.3) is 0 Å². The highest BCUT2D eigenvalue weighted by Crippen LogP contribution is 2.20. The fraction of sp³-hybridized carbons (Fsp3) is 0.235. The average molecular weight is 363 g/mol. The van der Waals surface area contributed by atoms with Gasteiger partial charge in [-0.25, -0.2) is 0 Å². The third-order valence-corrected chi connectivity index (χ3v) is 4.53. The van der Waals surface area contributed by atoms with Gasteiger partial charge in [0.2, 0.25) is 0 Å². The molecular weight excluding hydrogens is 344 g/mol. The lowest BCUT2D eigenvalue weighted by Gasteiger charge is -2.19. The molecule has 0 aromatic heterocycles. The Labute approximate surface area is 140 Å². The van der Waals surface area contributed by atoms with Gasteiger partial charge in [0.05, 0.1) is 6.04 Å². The monoisotopic (exact) mass is 362 g/mol. The minimum Gasteiger partial charge on any atom is -0.356 e. The number of hydrogen-bond acceptors (Lipinski definition) is 1. The van der Waals surface area contributed by atoms with Gasteiger partial charge in [0.25, 0.3) is 0 Å². The first-order chi connectivity index (χ1) is 9.97.